The molecule has 0 aliphatic heterocycles. The summed E-state index contributed by atoms with van der Waals surface area (Å²) in [5.41, 5.74) is 7.10. The number of hydrogen-bond donors (Lipinski definition) is 1. The van der Waals surface area contributed by atoms with Crippen molar-refractivity contribution in [3.8, 4) is 0 Å². The highest BCUT2D eigenvalue weighted by atomic mass is 35.5. The van der Waals surface area contributed by atoms with Gasteiger partial charge in [-0.15, -0.1) is 0 Å². The Labute approximate surface area is 102 Å². The molecule has 0 atom stereocenters. The van der Waals surface area contributed by atoms with E-state index in [1.807, 2.05) is 12.1 Å². The SMILES string of the molecule is CN(Cc1ccc(Cl)cc1)CC1CC(N)C1. The number of nitrogens with two attached hydrogens (primary N) is 1. The van der Waals surface area contributed by atoms with Gasteiger partial charge in [0, 0.05) is 24.2 Å². The van der Waals surface area contributed by atoms with E-state index in [0.29, 0.717) is 6.04 Å². The van der Waals surface area contributed by atoms with Gasteiger partial charge in [-0.05, 0) is 43.5 Å². The van der Waals surface area contributed by atoms with E-state index < -0.39 is 0 Å². The molecule has 3 heteroatoms. The van der Waals surface area contributed by atoms with Crippen LogP contribution in [0.5, 0.6) is 0 Å². The van der Waals surface area contributed by atoms with Crippen molar-refractivity contribution in [2.45, 2.75) is 25.4 Å². The van der Waals surface area contributed by atoms with Crippen LogP contribution in [0.1, 0.15) is 18.4 Å². The van der Waals surface area contributed by atoms with Crippen molar-refractivity contribution in [1.82, 2.24) is 4.90 Å². The van der Waals surface area contributed by atoms with Gasteiger partial charge < -0.3 is 10.6 Å². The Balaban J connectivity index is 1.78. The summed E-state index contributed by atoms with van der Waals surface area (Å²) in [7, 11) is 2.17. The molecule has 1 aliphatic carbocycles. The third-order valence-corrected chi connectivity index (χ3v) is 3.46. The Hall–Kier alpha value is -0.570. The van der Waals surface area contributed by atoms with Gasteiger partial charge in [0.2, 0.25) is 0 Å². The first kappa shape index (κ1) is 11.9. The van der Waals surface area contributed by atoms with E-state index in [4.69, 9.17) is 17.3 Å². The number of hydrogen-bond acceptors (Lipinski definition) is 2. The number of benzene rings is 1. The van der Waals surface area contributed by atoms with E-state index in [-0.39, 0.29) is 0 Å². The Kier molecular flexibility index (Phi) is 3.85. The van der Waals surface area contributed by atoms with E-state index in [2.05, 4.69) is 24.1 Å². The summed E-state index contributed by atoms with van der Waals surface area (Å²) >= 11 is 5.85. The van der Waals surface area contributed by atoms with Crippen LogP contribution >= 0.6 is 11.6 Å². The third kappa shape index (κ3) is 3.21. The largest absolute Gasteiger partial charge is 0.328 e. The molecule has 2 N–H and O–H groups in total. The number of rotatable bonds is 4. The van der Waals surface area contributed by atoms with Gasteiger partial charge in [-0.25, -0.2) is 0 Å². The predicted molar refractivity (Wildman–Crippen MR) is 68.5 cm³/mol. The monoisotopic (exact) mass is 238 g/mol. The van der Waals surface area contributed by atoms with Crippen LogP contribution in [0.25, 0.3) is 0 Å². The molecule has 0 radical (unpaired) electrons. The fraction of sp³-hybridized carbons (Fsp3) is 0.538. The second-order valence-corrected chi connectivity index (χ2v) is 5.36. The summed E-state index contributed by atoms with van der Waals surface area (Å²) in [6, 6.07) is 8.53. The zero-order chi connectivity index (χ0) is 11.5. The lowest BCUT2D eigenvalue weighted by Crippen LogP contribution is -2.41. The van der Waals surface area contributed by atoms with Crippen LogP contribution in [-0.2, 0) is 6.54 Å². The number of nitrogens with zero attached hydrogens (tertiary/aromatic N) is 1. The normalized spacial score (nSPS) is 24.5. The van der Waals surface area contributed by atoms with Crippen LogP contribution < -0.4 is 5.73 Å². The summed E-state index contributed by atoms with van der Waals surface area (Å²) in [6.07, 6.45) is 2.37. The fourth-order valence-corrected chi connectivity index (χ4v) is 2.47. The van der Waals surface area contributed by atoms with Crippen molar-refractivity contribution in [2.75, 3.05) is 13.6 Å². The van der Waals surface area contributed by atoms with Gasteiger partial charge in [-0.1, -0.05) is 23.7 Å². The Morgan fingerprint density at radius 1 is 1.31 bits per heavy atom. The maximum absolute atomic E-state index is 5.85. The smallest absolute Gasteiger partial charge is 0.0406 e. The lowest BCUT2D eigenvalue weighted by Gasteiger charge is -2.35. The van der Waals surface area contributed by atoms with Crippen LogP contribution in [0.3, 0.4) is 0 Å². The van der Waals surface area contributed by atoms with Crippen LogP contribution in [0.2, 0.25) is 5.02 Å². The summed E-state index contributed by atoms with van der Waals surface area (Å²) in [5.74, 6) is 0.798. The summed E-state index contributed by atoms with van der Waals surface area (Å²) in [4.78, 5) is 2.36. The van der Waals surface area contributed by atoms with E-state index in [9.17, 15) is 0 Å². The van der Waals surface area contributed by atoms with Crippen molar-refractivity contribution >= 4 is 11.6 Å². The topological polar surface area (TPSA) is 29.3 Å². The van der Waals surface area contributed by atoms with Crippen molar-refractivity contribution < 1.29 is 0 Å². The fourth-order valence-electron chi connectivity index (χ4n) is 2.34. The zero-order valence-corrected chi connectivity index (χ0v) is 10.5. The molecule has 1 fully saturated rings. The molecular weight excluding hydrogens is 220 g/mol. The van der Waals surface area contributed by atoms with Gasteiger partial charge in [0.1, 0.15) is 0 Å². The molecule has 2 rings (SSSR count). The summed E-state index contributed by atoms with van der Waals surface area (Å²) in [6.45, 7) is 2.14. The Bertz CT molecular complexity index is 330. The third-order valence-electron chi connectivity index (χ3n) is 3.21. The van der Waals surface area contributed by atoms with Gasteiger partial charge in [0.05, 0.1) is 0 Å². The molecule has 0 spiro atoms. The van der Waals surface area contributed by atoms with Gasteiger partial charge in [-0.3, -0.25) is 0 Å². The van der Waals surface area contributed by atoms with Gasteiger partial charge in [-0.2, -0.15) is 0 Å². The first-order valence-corrected chi connectivity index (χ1v) is 6.20. The average molecular weight is 239 g/mol. The van der Waals surface area contributed by atoms with Crippen molar-refractivity contribution in [2.24, 2.45) is 11.7 Å². The molecule has 1 aromatic rings. The molecule has 0 bridgehead atoms. The molecule has 16 heavy (non-hydrogen) atoms. The standard InChI is InChI=1S/C13H19ClN2/c1-16(9-11-6-13(15)7-11)8-10-2-4-12(14)5-3-10/h2-5,11,13H,6-9,15H2,1H3. The van der Waals surface area contributed by atoms with Crippen LogP contribution in [0.15, 0.2) is 24.3 Å². The van der Waals surface area contributed by atoms with Crippen molar-refractivity contribution in [3.63, 3.8) is 0 Å². The maximum Gasteiger partial charge on any atom is 0.0406 e. The number of halogens is 1. The minimum Gasteiger partial charge on any atom is -0.328 e. The van der Waals surface area contributed by atoms with Gasteiger partial charge >= 0.3 is 0 Å². The summed E-state index contributed by atoms with van der Waals surface area (Å²) in [5, 5.41) is 0.802. The molecule has 0 amide bonds. The molecule has 1 aromatic carbocycles. The van der Waals surface area contributed by atoms with E-state index in [1.165, 1.54) is 18.4 Å². The molecule has 88 valence electrons. The molecule has 1 aliphatic rings. The summed E-state index contributed by atoms with van der Waals surface area (Å²) < 4.78 is 0. The molecule has 1 saturated carbocycles. The Morgan fingerprint density at radius 2 is 1.94 bits per heavy atom. The second kappa shape index (κ2) is 5.17. The van der Waals surface area contributed by atoms with Crippen molar-refractivity contribution in [1.29, 1.82) is 0 Å². The molecule has 0 heterocycles. The quantitative estimate of drug-likeness (QED) is 0.874. The Morgan fingerprint density at radius 3 is 2.50 bits per heavy atom. The zero-order valence-electron chi connectivity index (χ0n) is 9.70. The second-order valence-electron chi connectivity index (χ2n) is 4.92. The van der Waals surface area contributed by atoms with Gasteiger partial charge in [0.15, 0.2) is 0 Å². The highest BCUT2D eigenvalue weighted by Crippen LogP contribution is 2.26. The minimum absolute atomic E-state index is 0.453. The van der Waals surface area contributed by atoms with Crippen molar-refractivity contribution in [3.05, 3.63) is 34.9 Å². The molecule has 0 unspecified atom stereocenters. The highest BCUT2D eigenvalue weighted by Gasteiger charge is 2.26. The van der Waals surface area contributed by atoms with E-state index in [0.717, 1.165) is 24.0 Å². The predicted octanol–water partition coefficient (Wildman–Crippen LogP) is 2.51. The van der Waals surface area contributed by atoms with E-state index in [1.54, 1.807) is 0 Å². The molecule has 0 saturated heterocycles. The first-order valence-electron chi connectivity index (χ1n) is 5.82. The van der Waals surface area contributed by atoms with Gasteiger partial charge in [0.25, 0.3) is 0 Å². The van der Waals surface area contributed by atoms with Crippen LogP contribution in [0, 0.1) is 5.92 Å². The lowest BCUT2D eigenvalue weighted by molar-refractivity contribution is 0.178. The average Bonchev–Trinajstić information content (AvgIpc) is 2.19. The lowest BCUT2D eigenvalue weighted by atomic mass is 9.80. The van der Waals surface area contributed by atoms with E-state index >= 15 is 0 Å². The first-order chi connectivity index (χ1) is 7.63. The highest BCUT2D eigenvalue weighted by molar-refractivity contribution is 6.30. The minimum atomic E-state index is 0.453. The molecular formula is C13H19ClN2. The maximum atomic E-state index is 5.85. The van der Waals surface area contributed by atoms with Crippen LogP contribution in [-0.4, -0.2) is 24.5 Å². The van der Waals surface area contributed by atoms with Crippen LogP contribution in [0.4, 0.5) is 0 Å². The molecule has 0 aromatic heterocycles. The molecule has 2 nitrogen and oxygen atoms in total.